The zero-order valence-corrected chi connectivity index (χ0v) is 32.8. The van der Waals surface area contributed by atoms with E-state index < -0.39 is 15.9 Å². The van der Waals surface area contributed by atoms with Crippen molar-refractivity contribution in [2.24, 2.45) is 9.98 Å². The van der Waals surface area contributed by atoms with Crippen LogP contribution in [-0.4, -0.2) is 40.4 Å². The number of unbranched alkanes of at least 4 members (excludes halogenated alkanes) is 4. The Balaban J connectivity index is 1.77. The van der Waals surface area contributed by atoms with Crippen LogP contribution in [0, 0.1) is 13.8 Å². The summed E-state index contributed by atoms with van der Waals surface area (Å²) in [5.74, 6) is 1.90. The van der Waals surface area contributed by atoms with Gasteiger partial charge in [0, 0.05) is 23.6 Å². The number of rotatable bonds is 14. The second kappa shape index (κ2) is 18.1. The average Bonchev–Trinajstić information content (AvgIpc) is 3.08. The van der Waals surface area contributed by atoms with Gasteiger partial charge >= 0.3 is 15.9 Å². The number of aryl methyl sites for hydroxylation is 2. The van der Waals surface area contributed by atoms with Gasteiger partial charge in [0.2, 0.25) is 0 Å². The summed E-state index contributed by atoms with van der Waals surface area (Å²) in [5, 5.41) is 0. The second-order valence-electron chi connectivity index (χ2n) is 15.3. The minimum Gasteiger partial charge on any atom is -0.614 e. The molecule has 1 fully saturated rings. The monoisotopic (exact) mass is 656 g/mol. The van der Waals surface area contributed by atoms with E-state index in [9.17, 15) is 0 Å². The normalized spacial score (nSPS) is 18.4. The Kier molecular flexibility index (Phi) is 14.5. The first-order valence-electron chi connectivity index (χ1n) is 19.3. The van der Waals surface area contributed by atoms with Gasteiger partial charge < -0.3 is 7.58 Å². The predicted molar refractivity (Wildman–Crippen MR) is 205 cm³/mol. The summed E-state index contributed by atoms with van der Waals surface area (Å²) in [6, 6.07) is 9.96. The zero-order chi connectivity index (χ0) is 33.9. The molecule has 1 saturated carbocycles. The summed E-state index contributed by atoms with van der Waals surface area (Å²) in [6.07, 6.45) is 23.6. The number of hydrogen-bond donors (Lipinski definition) is 0. The molecule has 1 aliphatic carbocycles. The number of nitrogens with zero attached hydrogens (tertiary/aromatic N) is 2. The van der Waals surface area contributed by atoms with Crippen LogP contribution in [0.4, 0.5) is 0 Å². The van der Waals surface area contributed by atoms with Crippen LogP contribution in [0.5, 0.6) is 11.5 Å². The molecule has 0 saturated heterocycles. The lowest BCUT2D eigenvalue weighted by atomic mass is 9.73. The average molecular weight is 657 g/mol. The molecule has 5 heteroatoms. The Bertz CT molecular complexity index is 1230. The van der Waals surface area contributed by atoms with Gasteiger partial charge in [-0.3, -0.25) is 9.98 Å². The van der Waals surface area contributed by atoms with Crippen LogP contribution in [0.3, 0.4) is 0 Å². The third-order valence-electron chi connectivity index (χ3n) is 11.2. The van der Waals surface area contributed by atoms with Gasteiger partial charge in [0.15, 0.2) is 0 Å². The molecule has 1 aliphatic heterocycles. The van der Waals surface area contributed by atoms with Gasteiger partial charge in [0.05, 0.1) is 23.6 Å². The van der Waals surface area contributed by atoms with Crippen LogP contribution in [0.1, 0.15) is 178 Å². The highest BCUT2D eigenvalue weighted by molar-refractivity contribution is 6.21. The van der Waals surface area contributed by atoms with Gasteiger partial charge in [-0.1, -0.05) is 118 Å². The lowest BCUT2D eigenvalue weighted by molar-refractivity contribution is 0.373. The van der Waals surface area contributed by atoms with Crippen molar-refractivity contribution in [3.63, 3.8) is 0 Å². The van der Waals surface area contributed by atoms with E-state index >= 15 is 0 Å². The van der Waals surface area contributed by atoms with E-state index in [-0.39, 0.29) is 22.9 Å². The highest BCUT2D eigenvalue weighted by Gasteiger charge is 2.30. The zero-order valence-electron chi connectivity index (χ0n) is 31.4. The van der Waals surface area contributed by atoms with Crippen LogP contribution in [0.15, 0.2) is 34.3 Å². The van der Waals surface area contributed by atoms with Gasteiger partial charge in [-0.2, -0.15) is 0 Å². The topological polar surface area (TPSA) is 43.2 Å². The second-order valence-corrected chi connectivity index (χ2v) is 16.2. The van der Waals surface area contributed by atoms with Gasteiger partial charge in [0.25, 0.3) is 0 Å². The lowest BCUT2D eigenvalue weighted by Crippen LogP contribution is -2.27. The van der Waals surface area contributed by atoms with Gasteiger partial charge in [-0.25, -0.2) is 0 Å². The van der Waals surface area contributed by atoms with Crippen molar-refractivity contribution < 1.29 is 7.58 Å². The summed E-state index contributed by atoms with van der Waals surface area (Å²) in [4.78, 5) is 10.6. The van der Waals surface area contributed by atoms with E-state index in [0.29, 0.717) is 0 Å². The number of aliphatic imine (C=N–C) groups is 2. The highest BCUT2D eigenvalue weighted by Crippen LogP contribution is 2.40. The molecular weight excluding hydrogens is 591 g/mol. The summed E-state index contributed by atoms with van der Waals surface area (Å²) in [5.41, 5.74) is 7.78. The van der Waals surface area contributed by atoms with Crippen LogP contribution < -0.4 is 7.58 Å². The molecule has 0 N–H and O–H groups in total. The van der Waals surface area contributed by atoms with E-state index in [1.165, 1.54) is 112 Å². The molecule has 4 rings (SSSR count). The standard InChI is InChI=1S/C42H66N2O2.Al.H/c1-9-13-21-41(7,22-14-10-2)35-25-31(5)39(45)33(27-35)29-43-37-19-17-18-20-38(37)44-30-34-28-36(26-32(6)40(34)46)42(8,23-15-11-3)24-16-12-4;;/h25-30,37-38,45-46H,9-24H2,1-8H3;;/q;+2;/p-2. The Morgan fingerprint density at radius 1 is 0.617 bits per heavy atom. The maximum atomic E-state index is 6.69. The fraction of sp³-hybridized carbons (Fsp3) is 0.667. The third-order valence-corrected chi connectivity index (χ3v) is 12.1. The summed E-state index contributed by atoms with van der Waals surface area (Å²) < 4.78 is 13.4. The smallest absolute Gasteiger partial charge is 0.614 e. The maximum Gasteiger partial charge on any atom is 0.832 e. The minimum absolute atomic E-state index is 0.156. The lowest BCUT2D eigenvalue weighted by Gasteiger charge is -2.32. The van der Waals surface area contributed by atoms with E-state index in [0.717, 1.165) is 35.5 Å². The Morgan fingerprint density at radius 2 is 0.979 bits per heavy atom. The molecule has 258 valence electrons. The fourth-order valence-electron chi connectivity index (χ4n) is 7.92. The number of hydrogen-bond acceptors (Lipinski definition) is 4. The third kappa shape index (κ3) is 9.76. The SMILES string of the molecule is CCCCC(C)(CCCC)c1cc(C)c2c(c1)C=NC1CCCCC1N=Cc1cc(C(C)(CCCC)CCCC)cc(C)c1[O][AlH][O]2. The van der Waals surface area contributed by atoms with Crippen molar-refractivity contribution in [1.82, 2.24) is 0 Å². The first kappa shape index (κ1) is 37.7. The number of fused-ring (bicyclic) bond motifs is 3. The maximum absolute atomic E-state index is 6.69. The minimum atomic E-state index is -1.38. The molecule has 2 aliphatic rings. The summed E-state index contributed by atoms with van der Waals surface area (Å²) >= 11 is -1.38. The van der Waals surface area contributed by atoms with Crippen molar-refractivity contribution in [2.75, 3.05) is 0 Å². The van der Waals surface area contributed by atoms with Crippen molar-refractivity contribution in [3.8, 4) is 11.5 Å². The van der Waals surface area contributed by atoms with Gasteiger partial charge in [-0.15, -0.1) is 0 Å². The molecule has 0 amide bonds. The molecule has 2 unspecified atom stereocenters. The summed E-state index contributed by atoms with van der Waals surface area (Å²) in [7, 11) is 0. The summed E-state index contributed by atoms with van der Waals surface area (Å²) in [6.45, 7) is 18.6. The first-order chi connectivity index (χ1) is 22.7. The number of benzene rings is 2. The van der Waals surface area contributed by atoms with E-state index in [1.54, 1.807) is 0 Å². The Labute approximate surface area is 295 Å². The van der Waals surface area contributed by atoms with Gasteiger partial charge in [-0.05, 0) is 97.6 Å². The predicted octanol–water partition coefficient (Wildman–Crippen LogP) is 11.5. The Hall–Kier alpha value is -2.09. The first-order valence-corrected chi connectivity index (χ1v) is 20.5. The molecule has 4 nitrogen and oxygen atoms in total. The van der Waals surface area contributed by atoms with Crippen LogP contribution in [0.2, 0.25) is 0 Å². The van der Waals surface area contributed by atoms with E-state index in [4.69, 9.17) is 17.6 Å². The molecule has 2 atom stereocenters. The molecule has 0 spiro atoms. The molecule has 2 aromatic rings. The van der Waals surface area contributed by atoms with Crippen LogP contribution in [0.25, 0.3) is 0 Å². The highest BCUT2D eigenvalue weighted by atomic mass is 27.2. The molecule has 2 aromatic carbocycles. The molecule has 47 heavy (non-hydrogen) atoms. The molecule has 0 bridgehead atoms. The van der Waals surface area contributed by atoms with Crippen LogP contribution in [-0.2, 0) is 10.8 Å². The molecule has 1 heterocycles. The van der Waals surface area contributed by atoms with Gasteiger partial charge in [0.1, 0.15) is 0 Å². The molecule has 0 aromatic heterocycles. The molecular formula is C42H65AlN2O2. The fourth-order valence-corrected chi connectivity index (χ4v) is 9.00. The van der Waals surface area contributed by atoms with E-state index in [2.05, 4.69) is 92.1 Å². The van der Waals surface area contributed by atoms with Crippen LogP contribution >= 0.6 is 0 Å². The Morgan fingerprint density at radius 3 is 1.32 bits per heavy atom. The molecule has 0 radical (unpaired) electrons. The van der Waals surface area contributed by atoms with Crippen molar-refractivity contribution in [1.29, 1.82) is 0 Å². The quantitative estimate of drug-likeness (QED) is 0.190. The van der Waals surface area contributed by atoms with Crippen molar-refractivity contribution in [3.05, 3.63) is 57.6 Å². The van der Waals surface area contributed by atoms with E-state index in [1.807, 2.05) is 0 Å². The van der Waals surface area contributed by atoms with Crippen molar-refractivity contribution >= 4 is 28.3 Å². The van der Waals surface area contributed by atoms with Crippen molar-refractivity contribution in [2.45, 2.75) is 181 Å². The largest absolute Gasteiger partial charge is 0.832 e.